The molecule has 15 rings (SSSR count). The van der Waals surface area contributed by atoms with Gasteiger partial charge in [0.1, 0.15) is 0 Å². The van der Waals surface area contributed by atoms with E-state index in [-0.39, 0.29) is 0 Å². The molecule has 0 aliphatic heterocycles. The van der Waals surface area contributed by atoms with E-state index in [1.807, 2.05) is 0 Å². The number of benzene rings is 12. The van der Waals surface area contributed by atoms with E-state index in [4.69, 9.17) is 0 Å². The van der Waals surface area contributed by atoms with Crippen LogP contribution in [0.1, 0.15) is 44.5 Å². The Morgan fingerprint density at radius 3 is 1.16 bits per heavy atom. The summed E-state index contributed by atoms with van der Waals surface area (Å²) < 4.78 is 0. The molecule has 69 heavy (non-hydrogen) atoms. The van der Waals surface area contributed by atoms with Crippen LogP contribution in [-0.2, 0) is 10.8 Å². The molecule has 1 spiro atoms. The Bertz CT molecular complexity index is 3950. The van der Waals surface area contributed by atoms with Crippen molar-refractivity contribution in [2.75, 3.05) is 4.90 Å². The Balaban J connectivity index is 1.06. The first-order chi connectivity index (χ1) is 34.3. The normalized spacial score (nSPS) is 14.0. The van der Waals surface area contributed by atoms with Gasteiger partial charge in [-0.25, -0.2) is 0 Å². The van der Waals surface area contributed by atoms with Crippen LogP contribution < -0.4 is 4.90 Å². The summed E-state index contributed by atoms with van der Waals surface area (Å²) in [5.41, 5.74) is 20.5. The summed E-state index contributed by atoms with van der Waals surface area (Å²) >= 11 is 0. The van der Waals surface area contributed by atoms with Crippen LogP contribution in [0.5, 0.6) is 0 Å². The van der Waals surface area contributed by atoms with Gasteiger partial charge in [0, 0.05) is 16.9 Å². The topological polar surface area (TPSA) is 3.24 Å². The maximum absolute atomic E-state index is 2.59. The van der Waals surface area contributed by atoms with Gasteiger partial charge in [0.25, 0.3) is 0 Å². The van der Waals surface area contributed by atoms with Crippen LogP contribution >= 0.6 is 0 Å². The van der Waals surface area contributed by atoms with Crippen molar-refractivity contribution in [2.45, 2.75) is 10.8 Å². The third-order valence-corrected chi connectivity index (χ3v) is 15.9. The number of rotatable bonds is 5. The van der Waals surface area contributed by atoms with E-state index < -0.39 is 10.8 Å². The lowest BCUT2D eigenvalue weighted by molar-refractivity contribution is 0.768. The predicted octanol–water partition coefficient (Wildman–Crippen LogP) is 17.3. The van der Waals surface area contributed by atoms with Gasteiger partial charge >= 0.3 is 0 Å². The molecule has 3 aliphatic carbocycles. The van der Waals surface area contributed by atoms with Crippen LogP contribution in [0.2, 0.25) is 0 Å². The van der Waals surface area contributed by atoms with Crippen molar-refractivity contribution in [1.82, 2.24) is 0 Å². The predicted molar refractivity (Wildman–Crippen MR) is 287 cm³/mol. The molecule has 0 atom stereocenters. The van der Waals surface area contributed by atoms with Crippen molar-refractivity contribution in [3.63, 3.8) is 0 Å². The number of fused-ring (bicyclic) bond motifs is 19. The van der Waals surface area contributed by atoms with Crippen molar-refractivity contribution >= 4 is 49.4 Å². The van der Waals surface area contributed by atoms with Gasteiger partial charge in [-0.2, -0.15) is 0 Å². The van der Waals surface area contributed by atoms with E-state index in [0.29, 0.717) is 0 Å². The zero-order valence-electron chi connectivity index (χ0n) is 37.8. The molecular formula is C68H43N. The van der Waals surface area contributed by atoms with Crippen molar-refractivity contribution < 1.29 is 0 Å². The van der Waals surface area contributed by atoms with E-state index in [1.54, 1.807) is 0 Å². The molecule has 1 heteroatoms. The molecule has 0 heterocycles. The molecule has 0 unspecified atom stereocenters. The summed E-state index contributed by atoms with van der Waals surface area (Å²) in [6.07, 6.45) is 0. The van der Waals surface area contributed by atoms with Crippen LogP contribution in [0.4, 0.5) is 17.1 Å². The highest BCUT2D eigenvalue weighted by atomic mass is 15.1. The quantitative estimate of drug-likeness (QED) is 0.156. The maximum atomic E-state index is 2.59. The van der Waals surface area contributed by atoms with E-state index >= 15 is 0 Å². The molecule has 0 amide bonds. The van der Waals surface area contributed by atoms with Gasteiger partial charge in [-0.1, -0.05) is 231 Å². The number of hydrogen-bond donors (Lipinski definition) is 0. The van der Waals surface area contributed by atoms with Gasteiger partial charge in [0.2, 0.25) is 0 Å². The second-order valence-electron chi connectivity index (χ2n) is 19.0. The highest BCUT2D eigenvalue weighted by Crippen LogP contribution is 2.66. The van der Waals surface area contributed by atoms with Crippen molar-refractivity contribution in [3.05, 3.63) is 305 Å². The van der Waals surface area contributed by atoms with Crippen molar-refractivity contribution in [2.24, 2.45) is 0 Å². The van der Waals surface area contributed by atoms with E-state index in [1.165, 1.54) is 116 Å². The minimum absolute atomic E-state index is 0.502. The van der Waals surface area contributed by atoms with E-state index in [2.05, 4.69) is 266 Å². The molecule has 0 bridgehead atoms. The lowest BCUT2D eigenvalue weighted by atomic mass is 9.68. The minimum atomic E-state index is -0.549. The lowest BCUT2D eigenvalue weighted by Gasteiger charge is -2.36. The Morgan fingerprint density at radius 1 is 0.232 bits per heavy atom. The molecule has 3 aliphatic rings. The van der Waals surface area contributed by atoms with Gasteiger partial charge in [-0.3, -0.25) is 0 Å². The third kappa shape index (κ3) is 4.98. The number of nitrogens with zero attached hydrogens (tertiary/aromatic N) is 1. The molecule has 1 nitrogen and oxygen atoms in total. The molecule has 0 saturated heterocycles. The molecule has 0 saturated carbocycles. The third-order valence-electron chi connectivity index (χ3n) is 15.9. The van der Waals surface area contributed by atoms with Gasteiger partial charge in [0.05, 0.1) is 16.5 Å². The summed E-state index contributed by atoms with van der Waals surface area (Å²) in [5, 5.41) is 7.57. The first kappa shape index (κ1) is 38.3. The Kier molecular flexibility index (Phi) is 7.98. The molecule has 12 aromatic rings. The summed E-state index contributed by atoms with van der Waals surface area (Å²) in [5.74, 6) is 0. The second kappa shape index (κ2) is 14.4. The van der Waals surface area contributed by atoms with Gasteiger partial charge < -0.3 is 4.90 Å². The SMILES string of the molecule is c1ccc(C2(c3ccccc3)c3ccccc3-c3cc(N(c4ccc5c6ccccc6c6ccccc6c5c4)c4cccc5c4C4(c6ccccc6-c6ccccc64)c4ccccc4-5)ccc32)cc1. The Labute approximate surface area is 401 Å². The van der Waals surface area contributed by atoms with Crippen LogP contribution in [0.15, 0.2) is 261 Å². The highest BCUT2D eigenvalue weighted by molar-refractivity contribution is 6.26. The summed E-state index contributed by atoms with van der Waals surface area (Å²) in [6, 6.07) is 98.2. The zero-order valence-corrected chi connectivity index (χ0v) is 37.8. The lowest BCUT2D eigenvalue weighted by Crippen LogP contribution is -2.29. The molecule has 0 aromatic heterocycles. The average Bonchev–Trinajstić information content (AvgIpc) is 4.02. The highest BCUT2D eigenvalue weighted by Gasteiger charge is 2.53. The Hall–Kier alpha value is -8.78. The van der Waals surface area contributed by atoms with E-state index in [0.717, 1.165) is 11.4 Å². The molecule has 0 radical (unpaired) electrons. The molecule has 0 fully saturated rings. The fraction of sp³-hybridized carbons (Fsp3) is 0.0294. The van der Waals surface area contributed by atoms with Crippen LogP contribution in [0.3, 0.4) is 0 Å². The van der Waals surface area contributed by atoms with Gasteiger partial charge in [-0.15, -0.1) is 0 Å². The fourth-order valence-corrected chi connectivity index (χ4v) is 13.4. The summed E-state index contributed by atoms with van der Waals surface area (Å²) in [4.78, 5) is 2.59. The first-order valence-corrected chi connectivity index (χ1v) is 24.2. The smallest absolute Gasteiger partial charge is 0.0746 e. The van der Waals surface area contributed by atoms with Gasteiger partial charge in [0.15, 0.2) is 0 Å². The molecular weight excluding hydrogens is 831 g/mol. The standard InChI is InChI=1S/C68H43N/c1-3-20-44(21-4-1)67(45-22-5-2-6-23-45)60-33-15-14-31-56(60)59-43-47(39-41-64(59)67)69(46-38-40-52-50-26-8-7-24-48(50)49-25-9-10-27-51(49)58(52)42-46)65-37-19-32-57-55-30-13-18-36-63(55)68(66(57)65)61-34-16-11-28-53(61)54-29-12-17-35-62(54)68/h1-43H. The van der Waals surface area contributed by atoms with Gasteiger partial charge in [-0.05, 0) is 135 Å². The Morgan fingerprint density at radius 2 is 0.609 bits per heavy atom. The fourth-order valence-electron chi connectivity index (χ4n) is 13.4. The maximum Gasteiger partial charge on any atom is 0.0746 e. The summed E-state index contributed by atoms with van der Waals surface area (Å²) in [6.45, 7) is 0. The molecule has 320 valence electrons. The molecule has 0 N–H and O–H groups in total. The van der Waals surface area contributed by atoms with Crippen LogP contribution in [0.25, 0.3) is 65.7 Å². The van der Waals surface area contributed by atoms with Crippen LogP contribution in [-0.4, -0.2) is 0 Å². The number of hydrogen-bond acceptors (Lipinski definition) is 1. The number of anilines is 3. The average molecular weight is 874 g/mol. The first-order valence-electron chi connectivity index (χ1n) is 24.2. The second-order valence-corrected chi connectivity index (χ2v) is 19.0. The van der Waals surface area contributed by atoms with E-state index in [9.17, 15) is 0 Å². The summed E-state index contributed by atoms with van der Waals surface area (Å²) in [7, 11) is 0. The van der Waals surface area contributed by atoms with Crippen LogP contribution in [0, 0.1) is 0 Å². The monoisotopic (exact) mass is 873 g/mol. The van der Waals surface area contributed by atoms with Crippen molar-refractivity contribution in [3.8, 4) is 33.4 Å². The zero-order chi connectivity index (χ0) is 45.3. The minimum Gasteiger partial charge on any atom is -0.310 e. The van der Waals surface area contributed by atoms with Crippen molar-refractivity contribution in [1.29, 1.82) is 0 Å². The largest absolute Gasteiger partial charge is 0.310 e. The molecule has 12 aromatic carbocycles.